The van der Waals surface area contributed by atoms with Crippen molar-refractivity contribution in [3.63, 3.8) is 0 Å². The van der Waals surface area contributed by atoms with Crippen molar-refractivity contribution in [2.75, 3.05) is 6.54 Å². The molecule has 0 saturated heterocycles. The summed E-state index contributed by atoms with van der Waals surface area (Å²) in [5.41, 5.74) is 5.34. The lowest BCUT2D eigenvalue weighted by Gasteiger charge is -2.11. The fraction of sp³-hybridized carbons (Fsp3) is 0.400. The number of nitro groups is 1. The summed E-state index contributed by atoms with van der Waals surface area (Å²) in [6.45, 7) is 1.91. The molecule has 1 rings (SSSR count). The van der Waals surface area contributed by atoms with Gasteiger partial charge in [0, 0.05) is 24.7 Å². The van der Waals surface area contributed by atoms with Crippen LogP contribution in [-0.4, -0.2) is 25.9 Å². The van der Waals surface area contributed by atoms with Gasteiger partial charge < -0.3 is 5.73 Å². The van der Waals surface area contributed by atoms with Gasteiger partial charge in [0.15, 0.2) is 0 Å². The number of benzene rings is 1. The van der Waals surface area contributed by atoms with E-state index in [2.05, 4.69) is 4.72 Å². The van der Waals surface area contributed by atoms with Crippen molar-refractivity contribution in [2.24, 2.45) is 5.73 Å². The van der Waals surface area contributed by atoms with E-state index >= 15 is 0 Å². The number of non-ortho nitro benzene ring substituents is 1. The van der Waals surface area contributed by atoms with Crippen LogP contribution in [0.25, 0.3) is 0 Å². The van der Waals surface area contributed by atoms with Crippen molar-refractivity contribution in [3.05, 3.63) is 33.3 Å². The third kappa shape index (κ3) is 4.13. The standard InChI is InChI=1S/C10H14ClN3O4S/c1-2-7(12)6-13-19(17,18)10-4-3-8(14(15)16)5-9(10)11/h3-5,7,13H,2,6,12H2,1H3. The van der Waals surface area contributed by atoms with E-state index in [1.54, 1.807) is 0 Å². The topological polar surface area (TPSA) is 115 Å². The first-order chi connectivity index (χ1) is 8.77. The first-order valence-electron chi connectivity index (χ1n) is 5.47. The minimum atomic E-state index is -3.82. The van der Waals surface area contributed by atoms with Crippen LogP contribution in [0.4, 0.5) is 5.69 Å². The number of halogens is 1. The molecule has 0 saturated carbocycles. The quantitative estimate of drug-likeness (QED) is 0.606. The van der Waals surface area contributed by atoms with Crippen LogP contribution in [0.5, 0.6) is 0 Å². The van der Waals surface area contributed by atoms with Gasteiger partial charge in [0.05, 0.1) is 9.95 Å². The average Bonchev–Trinajstić information content (AvgIpc) is 2.35. The zero-order valence-corrected chi connectivity index (χ0v) is 11.7. The van der Waals surface area contributed by atoms with Crippen LogP contribution in [0.3, 0.4) is 0 Å². The largest absolute Gasteiger partial charge is 0.327 e. The highest BCUT2D eigenvalue weighted by molar-refractivity contribution is 7.89. The molecular formula is C10H14ClN3O4S. The molecule has 106 valence electrons. The smallest absolute Gasteiger partial charge is 0.271 e. The second kappa shape index (κ2) is 6.29. The van der Waals surface area contributed by atoms with Gasteiger partial charge in [-0.15, -0.1) is 0 Å². The predicted molar refractivity (Wildman–Crippen MR) is 71.6 cm³/mol. The number of nitrogens with zero attached hydrogens (tertiary/aromatic N) is 1. The molecule has 0 bridgehead atoms. The minimum Gasteiger partial charge on any atom is -0.327 e. The van der Waals surface area contributed by atoms with Gasteiger partial charge in [-0.2, -0.15) is 0 Å². The maximum atomic E-state index is 11.9. The fourth-order valence-corrected chi connectivity index (χ4v) is 2.89. The van der Waals surface area contributed by atoms with Gasteiger partial charge in [0.1, 0.15) is 4.90 Å². The van der Waals surface area contributed by atoms with Crippen LogP contribution in [0.2, 0.25) is 5.02 Å². The highest BCUT2D eigenvalue weighted by Gasteiger charge is 2.20. The third-order valence-electron chi connectivity index (χ3n) is 2.48. The number of nitrogens with two attached hydrogens (primary N) is 1. The Kier molecular flexibility index (Phi) is 5.24. The molecule has 9 heteroatoms. The molecule has 7 nitrogen and oxygen atoms in total. The predicted octanol–water partition coefficient (Wildman–Crippen LogP) is 1.26. The molecule has 0 aromatic heterocycles. The van der Waals surface area contributed by atoms with Crippen LogP contribution in [0, 0.1) is 10.1 Å². The van der Waals surface area contributed by atoms with E-state index < -0.39 is 14.9 Å². The van der Waals surface area contributed by atoms with Crippen molar-refractivity contribution >= 4 is 27.3 Å². The molecule has 0 radical (unpaired) electrons. The SMILES string of the molecule is CCC(N)CNS(=O)(=O)c1ccc([N+](=O)[O-])cc1Cl. The molecular weight excluding hydrogens is 294 g/mol. The summed E-state index contributed by atoms with van der Waals surface area (Å²) in [6.07, 6.45) is 0.622. The van der Waals surface area contributed by atoms with Crippen molar-refractivity contribution in [3.8, 4) is 0 Å². The second-order valence-corrected chi connectivity index (χ2v) is 6.03. The van der Waals surface area contributed by atoms with Crippen molar-refractivity contribution < 1.29 is 13.3 Å². The molecule has 19 heavy (non-hydrogen) atoms. The van der Waals surface area contributed by atoms with Crippen LogP contribution < -0.4 is 10.5 Å². The van der Waals surface area contributed by atoms with E-state index in [0.29, 0.717) is 6.42 Å². The Morgan fingerprint density at radius 3 is 2.63 bits per heavy atom. The Balaban J connectivity index is 2.99. The van der Waals surface area contributed by atoms with Gasteiger partial charge in [-0.05, 0) is 12.5 Å². The maximum Gasteiger partial charge on any atom is 0.271 e. The minimum absolute atomic E-state index is 0.0755. The van der Waals surface area contributed by atoms with Gasteiger partial charge in [-0.25, -0.2) is 13.1 Å². The molecule has 0 spiro atoms. The van der Waals surface area contributed by atoms with Gasteiger partial charge >= 0.3 is 0 Å². The summed E-state index contributed by atoms with van der Waals surface area (Å²) in [5.74, 6) is 0. The van der Waals surface area contributed by atoms with Gasteiger partial charge in [-0.3, -0.25) is 10.1 Å². The van der Waals surface area contributed by atoms with E-state index in [9.17, 15) is 18.5 Å². The van der Waals surface area contributed by atoms with Crippen molar-refractivity contribution in [2.45, 2.75) is 24.3 Å². The summed E-state index contributed by atoms with van der Waals surface area (Å²) in [5, 5.41) is 10.3. The van der Waals surface area contributed by atoms with E-state index in [0.717, 1.165) is 18.2 Å². The summed E-state index contributed by atoms with van der Waals surface area (Å²) < 4.78 is 26.2. The van der Waals surface area contributed by atoms with Crippen molar-refractivity contribution in [1.29, 1.82) is 0 Å². The zero-order chi connectivity index (χ0) is 14.6. The van der Waals surface area contributed by atoms with E-state index in [1.807, 2.05) is 6.92 Å². The lowest BCUT2D eigenvalue weighted by atomic mass is 10.2. The van der Waals surface area contributed by atoms with Crippen LogP contribution in [0.15, 0.2) is 23.1 Å². The molecule has 0 aliphatic heterocycles. The molecule has 0 amide bonds. The highest BCUT2D eigenvalue weighted by atomic mass is 35.5. The summed E-state index contributed by atoms with van der Waals surface area (Å²) in [4.78, 5) is 9.68. The Bertz CT molecular complexity index is 576. The molecule has 3 N–H and O–H groups in total. The van der Waals surface area contributed by atoms with E-state index in [1.165, 1.54) is 0 Å². The summed E-state index contributed by atoms with van der Waals surface area (Å²) in [7, 11) is -3.82. The van der Waals surface area contributed by atoms with Gasteiger partial charge in [0.2, 0.25) is 10.0 Å². The Labute approximate surface area is 115 Å². The van der Waals surface area contributed by atoms with Crippen LogP contribution in [0.1, 0.15) is 13.3 Å². The highest BCUT2D eigenvalue weighted by Crippen LogP contribution is 2.25. The normalized spacial score (nSPS) is 13.2. The Morgan fingerprint density at radius 2 is 2.16 bits per heavy atom. The number of nitro benzene ring substituents is 1. The molecule has 1 atom stereocenters. The maximum absolute atomic E-state index is 11.9. The van der Waals surface area contributed by atoms with E-state index in [-0.39, 0.29) is 28.2 Å². The number of hydrogen-bond acceptors (Lipinski definition) is 5. The van der Waals surface area contributed by atoms with Crippen molar-refractivity contribution in [1.82, 2.24) is 4.72 Å². The first kappa shape index (κ1) is 15.8. The number of sulfonamides is 1. The number of nitrogens with one attached hydrogen (secondary N) is 1. The average molecular weight is 308 g/mol. The molecule has 0 aliphatic rings. The monoisotopic (exact) mass is 307 g/mol. The second-order valence-electron chi connectivity index (χ2n) is 3.89. The summed E-state index contributed by atoms with van der Waals surface area (Å²) in [6, 6.07) is 2.88. The van der Waals surface area contributed by atoms with Gasteiger partial charge in [-0.1, -0.05) is 18.5 Å². The molecule has 1 aromatic rings. The lowest BCUT2D eigenvalue weighted by molar-refractivity contribution is -0.384. The molecule has 1 unspecified atom stereocenters. The molecule has 0 heterocycles. The van der Waals surface area contributed by atoms with Crippen LogP contribution in [-0.2, 0) is 10.0 Å². The number of hydrogen-bond donors (Lipinski definition) is 2. The first-order valence-corrected chi connectivity index (χ1v) is 7.33. The third-order valence-corrected chi connectivity index (χ3v) is 4.38. The Hall–Kier alpha value is -1.22. The molecule has 0 fully saturated rings. The van der Waals surface area contributed by atoms with Crippen LogP contribution >= 0.6 is 11.6 Å². The lowest BCUT2D eigenvalue weighted by Crippen LogP contribution is -2.36. The van der Waals surface area contributed by atoms with Gasteiger partial charge in [0.25, 0.3) is 5.69 Å². The molecule has 1 aromatic carbocycles. The Morgan fingerprint density at radius 1 is 1.53 bits per heavy atom. The van der Waals surface area contributed by atoms with E-state index in [4.69, 9.17) is 17.3 Å². The molecule has 0 aliphatic carbocycles. The zero-order valence-electron chi connectivity index (χ0n) is 10.2. The summed E-state index contributed by atoms with van der Waals surface area (Å²) >= 11 is 5.75. The number of rotatable bonds is 6. The fourth-order valence-electron chi connectivity index (χ4n) is 1.26.